The van der Waals surface area contributed by atoms with E-state index in [4.69, 9.17) is 5.10 Å². The van der Waals surface area contributed by atoms with Crippen molar-refractivity contribution in [2.24, 2.45) is 5.10 Å². The van der Waals surface area contributed by atoms with Crippen LogP contribution in [0.4, 0.5) is 5.69 Å². The second-order valence-corrected chi connectivity index (χ2v) is 9.00. The molecule has 0 aliphatic heterocycles. The molecule has 6 heteroatoms. The quantitative estimate of drug-likeness (QED) is 0.479. The minimum Gasteiger partial charge on any atom is -0.378 e. The highest BCUT2D eigenvalue weighted by molar-refractivity contribution is 5.93. The second-order valence-electron chi connectivity index (χ2n) is 9.00. The molecule has 0 bridgehead atoms. The Morgan fingerprint density at radius 2 is 1.84 bits per heavy atom. The van der Waals surface area contributed by atoms with Gasteiger partial charge in [0.25, 0.3) is 5.91 Å². The molecular formula is C25H31N5O. The zero-order chi connectivity index (χ0) is 22.6. The first kappa shape index (κ1) is 22.3. The number of nitrogens with zero attached hydrogens (tertiary/aromatic N) is 4. The zero-order valence-electron chi connectivity index (χ0n) is 19.2. The highest BCUT2D eigenvalue weighted by Crippen LogP contribution is 2.22. The van der Waals surface area contributed by atoms with Gasteiger partial charge in [-0.1, -0.05) is 62.7 Å². The summed E-state index contributed by atoms with van der Waals surface area (Å²) in [7, 11) is 3.99. The molecule has 1 heterocycles. The summed E-state index contributed by atoms with van der Waals surface area (Å²) in [6.07, 6.45) is 1.64. The average molecular weight is 418 g/mol. The molecule has 1 amide bonds. The van der Waals surface area contributed by atoms with E-state index in [9.17, 15) is 4.79 Å². The van der Waals surface area contributed by atoms with Crippen LogP contribution >= 0.6 is 0 Å². The Morgan fingerprint density at radius 1 is 1.13 bits per heavy atom. The lowest BCUT2D eigenvalue weighted by atomic mass is 9.92. The van der Waals surface area contributed by atoms with Crippen LogP contribution in [-0.4, -0.2) is 36.0 Å². The molecule has 0 aliphatic rings. The summed E-state index contributed by atoms with van der Waals surface area (Å²) in [5, 5.41) is 8.87. The van der Waals surface area contributed by atoms with Gasteiger partial charge in [0, 0.05) is 25.2 Å². The fraction of sp³-hybridized carbons (Fsp3) is 0.320. The van der Waals surface area contributed by atoms with Crippen molar-refractivity contribution < 1.29 is 4.79 Å². The minimum atomic E-state index is -0.281. The van der Waals surface area contributed by atoms with Gasteiger partial charge in [-0.05, 0) is 36.2 Å². The highest BCUT2D eigenvalue weighted by Gasteiger charge is 2.23. The first-order valence-corrected chi connectivity index (χ1v) is 10.4. The van der Waals surface area contributed by atoms with Gasteiger partial charge in [-0.25, -0.2) is 5.43 Å². The summed E-state index contributed by atoms with van der Waals surface area (Å²) in [6.45, 7) is 8.84. The molecule has 0 unspecified atom stereocenters. The predicted molar refractivity (Wildman–Crippen MR) is 127 cm³/mol. The Hall–Kier alpha value is -3.41. The van der Waals surface area contributed by atoms with E-state index in [2.05, 4.69) is 50.4 Å². The van der Waals surface area contributed by atoms with Crippen molar-refractivity contribution in [2.75, 3.05) is 19.0 Å². The molecule has 0 spiro atoms. The average Bonchev–Trinajstić information content (AvgIpc) is 3.12. The lowest BCUT2D eigenvalue weighted by molar-refractivity contribution is 0.0945. The van der Waals surface area contributed by atoms with Crippen LogP contribution < -0.4 is 10.3 Å². The van der Waals surface area contributed by atoms with Crippen molar-refractivity contribution in [1.29, 1.82) is 0 Å². The molecule has 3 aromatic rings. The normalized spacial score (nSPS) is 11.7. The molecule has 0 saturated heterocycles. The van der Waals surface area contributed by atoms with Gasteiger partial charge in [-0.15, -0.1) is 0 Å². The topological polar surface area (TPSA) is 62.5 Å². The summed E-state index contributed by atoms with van der Waals surface area (Å²) < 4.78 is 1.76. The van der Waals surface area contributed by atoms with Crippen LogP contribution in [-0.2, 0) is 12.0 Å². The maximum Gasteiger partial charge on any atom is 0.289 e. The van der Waals surface area contributed by atoms with Gasteiger partial charge in [0.1, 0.15) is 5.69 Å². The Labute approximate surface area is 184 Å². The van der Waals surface area contributed by atoms with Crippen LogP contribution in [0.25, 0.3) is 0 Å². The van der Waals surface area contributed by atoms with E-state index in [-0.39, 0.29) is 11.3 Å². The van der Waals surface area contributed by atoms with E-state index >= 15 is 0 Å². The van der Waals surface area contributed by atoms with Crippen molar-refractivity contribution in [3.8, 4) is 0 Å². The standard InChI is InChI=1S/C25H31N5O/c1-18-8-7-9-20(14-18)17-30-22(15-23(28-30)25(2,3)4)24(31)27-26-16-19-10-12-21(13-11-19)29(5)6/h7-16H,17H2,1-6H3,(H,27,31)/b26-16+. The Morgan fingerprint density at radius 3 is 2.45 bits per heavy atom. The van der Waals surface area contributed by atoms with E-state index < -0.39 is 0 Å². The Kier molecular flexibility index (Phi) is 6.59. The smallest absolute Gasteiger partial charge is 0.289 e. The highest BCUT2D eigenvalue weighted by atomic mass is 16.2. The third-order valence-electron chi connectivity index (χ3n) is 4.99. The number of hydrogen-bond acceptors (Lipinski definition) is 4. The van der Waals surface area contributed by atoms with Gasteiger partial charge in [0.2, 0.25) is 0 Å². The minimum absolute atomic E-state index is 0.162. The number of benzene rings is 2. The van der Waals surface area contributed by atoms with Crippen LogP contribution in [0.3, 0.4) is 0 Å². The van der Waals surface area contributed by atoms with Crippen molar-refractivity contribution in [2.45, 2.75) is 39.7 Å². The third kappa shape index (κ3) is 5.81. The summed E-state index contributed by atoms with van der Waals surface area (Å²) in [5.41, 5.74) is 8.14. The molecule has 3 rings (SSSR count). The number of hydrogen-bond donors (Lipinski definition) is 1. The lowest BCUT2D eigenvalue weighted by Gasteiger charge is -2.14. The first-order valence-electron chi connectivity index (χ1n) is 10.4. The summed E-state index contributed by atoms with van der Waals surface area (Å²) in [6, 6.07) is 18.0. The van der Waals surface area contributed by atoms with Gasteiger partial charge in [-0.2, -0.15) is 10.2 Å². The molecule has 0 radical (unpaired) electrons. The number of anilines is 1. The van der Waals surface area contributed by atoms with Crippen LogP contribution in [0.5, 0.6) is 0 Å². The molecule has 0 atom stereocenters. The molecule has 0 saturated carbocycles. The van der Waals surface area contributed by atoms with E-state index in [1.807, 2.05) is 61.5 Å². The molecule has 2 aromatic carbocycles. The van der Waals surface area contributed by atoms with Crippen LogP contribution in [0.1, 0.15) is 53.6 Å². The van der Waals surface area contributed by atoms with E-state index in [0.29, 0.717) is 12.2 Å². The first-order chi connectivity index (χ1) is 14.6. The van der Waals surface area contributed by atoms with E-state index in [1.54, 1.807) is 10.9 Å². The maximum absolute atomic E-state index is 12.9. The number of carbonyl (C=O) groups is 1. The number of nitrogens with one attached hydrogen (secondary N) is 1. The second kappa shape index (κ2) is 9.16. The molecule has 0 fully saturated rings. The molecule has 31 heavy (non-hydrogen) atoms. The third-order valence-corrected chi connectivity index (χ3v) is 4.99. The monoisotopic (exact) mass is 417 g/mol. The van der Waals surface area contributed by atoms with Gasteiger partial charge < -0.3 is 4.90 Å². The maximum atomic E-state index is 12.9. The number of carbonyl (C=O) groups excluding carboxylic acids is 1. The van der Waals surface area contributed by atoms with Crippen LogP contribution in [0, 0.1) is 6.92 Å². The van der Waals surface area contributed by atoms with E-state index in [0.717, 1.165) is 22.5 Å². The molecule has 162 valence electrons. The molecule has 6 nitrogen and oxygen atoms in total. The molecule has 1 N–H and O–H groups in total. The Balaban J connectivity index is 1.79. The number of hydrazone groups is 1. The van der Waals surface area contributed by atoms with Crippen molar-refractivity contribution >= 4 is 17.8 Å². The van der Waals surface area contributed by atoms with Gasteiger partial charge in [-0.3, -0.25) is 9.48 Å². The number of aryl methyl sites for hydroxylation is 1. The summed E-state index contributed by atoms with van der Waals surface area (Å²) in [5.74, 6) is -0.281. The van der Waals surface area contributed by atoms with E-state index in [1.165, 1.54) is 5.56 Å². The van der Waals surface area contributed by atoms with Crippen molar-refractivity contribution in [1.82, 2.24) is 15.2 Å². The van der Waals surface area contributed by atoms with Gasteiger partial charge in [0.05, 0.1) is 18.5 Å². The number of amides is 1. The fourth-order valence-electron chi connectivity index (χ4n) is 3.15. The predicted octanol–water partition coefficient (Wildman–Crippen LogP) is 4.37. The van der Waals surface area contributed by atoms with Crippen LogP contribution in [0.2, 0.25) is 0 Å². The SMILES string of the molecule is Cc1cccc(Cn2nc(C(C)(C)C)cc2C(=O)N/N=C/c2ccc(N(C)C)cc2)c1. The van der Waals surface area contributed by atoms with Gasteiger partial charge in [0.15, 0.2) is 0 Å². The number of rotatable bonds is 6. The number of aromatic nitrogens is 2. The Bertz CT molecular complexity index is 1070. The summed E-state index contributed by atoms with van der Waals surface area (Å²) in [4.78, 5) is 14.9. The van der Waals surface area contributed by atoms with Crippen molar-refractivity contribution in [3.63, 3.8) is 0 Å². The molecule has 0 aliphatic carbocycles. The van der Waals surface area contributed by atoms with Crippen LogP contribution in [0.15, 0.2) is 59.7 Å². The van der Waals surface area contributed by atoms with Gasteiger partial charge >= 0.3 is 0 Å². The van der Waals surface area contributed by atoms with Crippen molar-refractivity contribution in [3.05, 3.63) is 82.7 Å². The molecule has 1 aromatic heterocycles. The lowest BCUT2D eigenvalue weighted by Crippen LogP contribution is -2.22. The fourth-order valence-corrected chi connectivity index (χ4v) is 3.15. The molecular weight excluding hydrogens is 386 g/mol. The summed E-state index contributed by atoms with van der Waals surface area (Å²) >= 11 is 0. The largest absolute Gasteiger partial charge is 0.378 e. The zero-order valence-corrected chi connectivity index (χ0v) is 19.2.